The van der Waals surface area contributed by atoms with Crippen LogP contribution in [-0.4, -0.2) is 28.3 Å². The molecule has 172 valence electrons. The van der Waals surface area contributed by atoms with E-state index in [9.17, 15) is 18.0 Å². The van der Waals surface area contributed by atoms with Crippen molar-refractivity contribution in [2.75, 3.05) is 11.9 Å². The van der Waals surface area contributed by atoms with Crippen molar-refractivity contribution in [3.63, 3.8) is 0 Å². The van der Waals surface area contributed by atoms with Gasteiger partial charge in [-0.1, -0.05) is 18.2 Å². The average molecular weight is 455 g/mol. The summed E-state index contributed by atoms with van der Waals surface area (Å²) >= 11 is 0. The van der Waals surface area contributed by atoms with Crippen molar-refractivity contribution in [1.82, 2.24) is 15.3 Å². The number of pyridine rings is 2. The summed E-state index contributed by atoms with van der Waals surface area (Å²) in [6.45, 7) is 5.73. The number of allylic oxidation sites excluding steroid dienone is 3. The molecule has 33 heavy (non-hydrogen) atoms. The van der Waals surface area contributed by atoms with Crippen molar-refractivity contribution in [3.8, 4) is 12.8 Å². The van der Waals surface area contributed by atoms with Crippen LogP contribution < -0.4 is 10.6 Å². The zero-order valence-electron chi connectivity index (χ0n) is 18.5. The Labute approximate surface area is 190 Å². The van der Waals surface area contributed by atoms with Crippen LogP contribution in [0.3, 0.4) is 0 Å². The fourth-order valence-corrected chi connectivity index (χ4v) is 3.00. The van der Waals surface area contributed by atoms with E-state index in [-0.39, 0.29) is 17.1 Å². The number of terminal acetylenes is 1. The standard InChI is InChI=1S/C22H22F3N5O.C2H2/c1-4-5-6-7-15-12-27-20(29-15)17-10-19(26-11-13(17)2)30-21(31)16-8-9-18(22(23,24)25)28-14(16)3;1-2/h4-5,7-11H,6,12H2,1-3H3,(H,27,29)(H,26,30,31);1-2H/b5-4-,15-7+;. The van der Waals surface area contributed by atoms with Gasteiger partial charge in [0.05, 0.1) is 17.8 Å². The van der Waals surface area contributed by atoms with Gasteiger partial charge in [-0.2, -0.15) is 13.2 Å². The normalized spacial score (nSPS) is 14.4. The van der Waals surface area contributed by atoms with Crippen molar-refractivity contribution in [1.29, 1.82) is 0 Å². The molecule has 3 heterocycles. The van der Waals surface area contributed by atoms with Gasteiger partial charge in [0.2, 0.25) is 0 Å². The molecule has 0 radical (unpaired) electrons. The fourth-order valence-electron chi connectivity index (χ4n) is 3.00. The number of amidine groups is 1. The number of aromatic nitrogens is 2. The second kappa shape index (κ2) is 11.1. The molecule has 6 nitrogen and oxygen atoms in total. The highest BCUT2D eigenvalue weighted by Gasteiger charge is 2.33. The SMILES string of the molecule is C#C.C/C=C\C/C=C1\CN=C(c2cc(NC(=O)c3ccc(C(F)(F)F)nc3C)ncc2C)N1. The predicted molar refractivity (Wildman–Crippen MR) is 123 cm³/mol. The third kappa shape index (κ3) is 6.53. The summed E-state index contributed by atoms with van der Waals surface area (Å²) in [4.78, 5) is 24.8. The van der Waals surface area contributed by atoms with E-state index < -0.39 is 17.8 Å². The lowest BCUT2D eigenvalue weighted by Crippen LogP contribution is -2.21. The van der Waals surface area contributed by atoms with Gasteiger partial charge in [0.1, 0.15) is 17.3 Å². The molecular weight excluding hydrogens is 431 g/mol. The number of aliphatic imine (C=N–C) groups is 1. The molecule has 1 amide bonds. The van der Waals surface area contributed by atoms with E-state index in [0.29, 0.717) is 12.4 Å². The minimum absolute atomic E-state index is 0.0163. The molecule has 0 aromatic carbocycles. The topological polar surface area (TPSA) is 79.3 Å². The van der Waals surface area contributed by atoms with Crippen molar-refractivity contribution < 1.29 is 18.0 Å². The van der Waals surface area contributed by atoms with Crippen LogP contribution in [-0.2, 0) is 6.18 Å². The Morgan fingerprint density at radius 1 is 1.27 bits per heavy atom. The maximum Gasteiger partial charge on any atom is 0.433 e. The number of halogens is 3. The molecule has 1 aliphatic rings. The molecule has 0 unspecified atom stereocenters. The summed E-state index contributed by atoms with van der Waals surface area (Å²) in [5, 5.41) is 5.89. The van der Waals surface area contributed by atoms with E-state index >= 15 is 0 Å². The fraction of sp³-hybridized carbons (Fsp3) is 0.250. The first-order valence-electron chi connectivity index (χ1n) is 9.97. The second-order valence-electron chi connectivity index (χ2n) is 6.99. The van der Waals surface area contributed by atoms with Gasteiger partial charge in [-0.3, -0.25) is 9.79 Å². The number of rotatable bonds is 5. The van der Waals surface area contributed by atoms with Gasteiger partial charge in [-0.25, -0.2) is 9.97 Å². The Kier molecular flexibility index (Phi) is 8.51. The Hall–Kier alpha value is -3.93. The molecule has 0 spiro atoms. The molecule has 0 fully saturated rings. The smallest absolute Gasteiger partial charge is 0.342 e. The lowest BCUT2D eigenvalue weighted by Gasteiger charge is -2.12. The van der Waals surface area contributed by atoms with E-state index in [1.54, 1.807) is 12.3 Å². The summed E-state index contributed by atoms with van der Waals surface area (Å²) < 4.78 is 38.4. The first-order valence-corrected chi connectivity index (χ1v) is 9.97. The predicted octanol–water partition coefficient (Wildman–Crippen LogP) is 4.81. The number of nitrogens with one attached hydrogen (secondary N) is 2. The van der Waals surface area contributed by atoms with Crippen molar-refractivity contribution in [3.05, 3.63) is 76.4 Å². The number of hydrogen-bond acceptors (Lipinski definition) is 5. The number of alkyl halides is 3. The molecule has 0 saturated heterocycles. The molecular formula is C24H24F3N5O. The highest BCUT2D eigenvalue weighted by molar-refractivity contribution is 6.06. The number of amides is 1. The zero-order valence-corrected chi connectivity index (χ0v) is 18.5. The Bertz CT molecular complexity index is 1130. The van der Waals surface area contributed by atoms with Gasteiger partial charge in [-0.15, -0.1) is 12.8 Å². The summed E-state index contributed by atoms with van der Waals surface area (Å²) in [6, 6.07) is 3.58. The molecule has 2 aromatic rings. The van der Waals surface area contributed by atoms with Crippen LogP contribution in [0.25, 0.3) is 0 Å². The maximum absolute atomic E-state index is 12.8. The van der Waals surface area contributed by atoms with Crippen molar-refractivity contribution >= 4 is 17.6 Å². The first-order chi connectivity index (χ1) is 15.7. The van der Waals surface area contributed by atoms with Gasteiger partial charge in [0.25, 0.3) is 5.91 Å². The van der Waals surface area contributed by atoms with Crippen LogP contribution in [0.1, 0.15) is 46.2 Å². The Morgan fingerprint density at radius 2 is 2.00 bits per heavy atom. The van der Waals surface area contributed by atoms with Gasteiger partial charge < -0.3 is 10.6 Å². The Balaban J connectivity index is 0.00000187. The van der Waals surface area contributed by atoms with E-state index in [1.165, 1.54) is 6.92 Å². The van der Waals surface area contributed by atoms with E-state index in [4.69, 9.17) is 0 Å². The van der Waals surface area contributed by atoms with Crippen LogP contribution in [0.15, 0.2) is 53.3 Å². The van der Waals surface area contributed by atoms with Gasteiger partial charge in [0.15, 0.2) is 0 Å². The molecule has 1 aliphatic heterocycles. The molecule has 2 aromatic heterocycles. The van der Waals surface area contributed by atoms with E-state index in [2.05, 4.69) is 44.5 Å². The van der Waals surface area contributed by atoms with Gasteiger partial charge in [0, 0.05) is 17.5 Å². The third-order valence-electron chi connectivity index (χ3n) is 4.64. The zero-order chi connectivity index (χ0) is 24.6. The van der Waals surface area contributed by atoms with Gasteiger partial charge >= 0.3 is 6.18 Å². The minimum Gasteiger partial charge on any atom is -0.342 e. The molecule has 0 bridgehead atoms. The van der Waals surface area contributed by atoms with E-state index in [1.807, 2.05) is 26.0 Å². The lowest BCUT2D eigenvalue weighted by molar-refractivity contribution is -0.141. The van der Waals surface area contributed by atoms with Crippen LogP contribution in [0, 0.1) is 26.7 Å². The molecule has 3 rings (SSSR count). The summed E-state index contributed by atoms with van der Waals surface area (Å²) in [6.07, 6.45) is 11.9. The van der Waals surface area contributed by atoms with Gasteiger partial charge in [-0.05, 0) is 51.0 Å². The highest BCUT2D eigenvalue weighted by Crippen LogP contribution is 2.28. The van der Waals surface area contributed by atoms with Crippen molar-refractivity contribution in [2.45, 2.75) is 33.4 Å². The molecule has 0 saturated carbocycles. The number of nitrogens with zero attached hydrogens (tertiary/aromatic N) is 3. The van der Waals surface area contributed by atoms with Crippen LogP contribution >= 0.6 is 0 Å². The largest absolute Gasteiger partial charge is 0.433 e. The highest BCUT2D eigenvalue weighted by atomic mass is 19.4. The molecule has 9 heteroatoms. The Morgan fingerprint density at radius 3 is 2.64 bits per heavy atom. The van der Waals surface area contributed by atoms with E-state index in [0.717, 1.165) is 35.4 Å². The molecule has 2 N–H and O–H groups in total. The van der Waals surface area contributed by atoms with Crippen LogP contribution in [0.2, 0.25) is 0 Å². The summed E-state index contributed by atoms with van der Waals surface area (Å²) in [5.74, 6) is 0.351. The average Bonchev–Trinajstić information content (AvgIpc) is 3.24. The minimum atomic E-state index is -4.57. The maximum atomic E-state index is 12.8. The van der Waals surface area contributed by atoms with Crippen LogP contribution in [0.4, 0.5) is 19.0 Å². The third-order valence-corrected chi connectivity index (χ3v) is 4.64. The second-order valence-corrected chi connectivity index (χ2v) is 6.99. The molecule has 0 atom stereocenters. The number of anilines is 1. The number of hydrogen-bond donors (Lipinski definition) is 2. The number of carbonyl (C=O) groups excluding carboxylic acids is 1. The first kappa shape index (κ1) is 25.3. The monoisotopic (exact) mass is 455 g/mol. The van der Waals surface area contributed by atoms with Crippen molar-refractivity contribution in [2.24, 2.45) is 4.99 Å². The summed E-state index contributed by atoms with van der Waals surface area (Å²) in [5.41, 5.74) is 1.62. The van der Waals surface area contributed by atoms with Crippen LogP contribution in [0.5, 0.6) is 0 Å². The number of aryl methyl sites for hydroxylation is 2. The number of carbonyl (C=O) groups is 1. The quantitative estimate of drug-likeness (QED) is 0.501. The lowest BCUT2D eigenvalue weighted by atomic mass is 10.1. The summed E-state index contributed by atoms with van der Waals surface area (Å²) in [7, 11) is 0. The molecule has 0 aliphatic carbocycles.